The zero-order chi connectivity index (χ0) is 17.8. The Morgan fingerprint density at radius 1 is 1.24 bits per heavy atom. The Bertz CT molecular complexity index is 975. The molecule has 5 heteroatoms. The summed E-state index contributed by atoms with van der Waals surface area (Å²) in [5.41, 5.74) is 6.69. The van der Waals surface area contributed by atoms with Crippen molar-refractivity contribution >= 4 is 22.3 Å². The fourth-order valence-electron chi connectivity index (χ4n) is 2.50. The van der Waals surface area contributed by atoms with Gasteiger partial charge in [0.15, 0.2) is 0 Å². The van der Waals surface area contributed by atoms with E-state index in [9.17, 15) is 0 Å². The third-order valence-corrected chi connectivity index (χ3v) is 3.75. The largest absolute Gasteiger partial charge is 0.266 e. The van der Waals surface area contributed by atoms with Gasteiger partial charge in [-0.3, -0.25) is 9.98 Å². The van der Waals surface area contributed by atoms with Crippen LogP contribution in [-0.2, 0) is 6.54 Å². The SMILES string of the molecule is C=C(C=CN=C(C)C)c1ccc2c(c1)nnn2Cc1cccc(C)n1. The van der Waals surface area contributed by atoms with Crippen LogP contribution in [0.1, 0.15) is 30.8 Å². The van der Waals surface area contributed by atoms with Crippen LogP contribution in [0, 0.1) is 6.92 Å². The Morgan fingerprint density at radius 2 is 2.08 bits per heavy atom. The summed E-state index contributed by atoms with van der Waals surface area (Å²) in [5.74, 6) is 0. The van der Waals surface area contributed by atoms with Gasteiger partial charge in [0, 0.05) is 17.6 Å². The molecule has 2 heterocycles. The second-order valence-electron chi connectivity index (χ2n) is 6.14. The Morgan fingerprint density at radius 3 is 2.84 bits per heavy atom. The zero-order valence-corrected chi connectivity index (χ0v) is 14.8. The number of hydrogen-bond donors (Lipinski definition) is 0. The first-order chi connectivity index (χ1) is 12.0. The minimum atomic E-state index is 0.600. The molecule has 0 atom stereocenters. The van der Waals surface area contributed by atoms with Crippen molar-refractivity contribution in [1.82, 2.24) is 20.0 Å². The van der Waals surface area contributed by atoms with Gasteiger partial charge in [0.05, 0.1) is 17.8 Å². The van der Waals surface area contributed by atoms with Gasteiger partial charge < -0.3 is 0 Å². The highest BCUT2D eigenvalue weighted by atomic mass is 15.4. The average Bonchev–Trinajstić information content (AvgIpc) is 2.96. The van der Waals surface area contributed by atoms with Gasteiger partial charge >= 0.3 is 0 Å². The summed E-state index contributed by atoms with van der Waals surface area (Å²) in [5, 5.41) is 8.54. The fraction of sp³-hybridized carbons (Fsp3) is 0.200. The molecule has 0 aliphatic carbocycles. The standard InChI is InChI=1S/C20H21N5/c1-14(2)21-11-10-15(3)17-8-9-20-19(12-17)23-24-25(20)13-18-7-5-6-16(4)22-18/h5-12H,3,13H2,1-2,4H3. The van der Waals surface area contributed by atoms with E-state index in [-0.39, 0.29) is 0 Å². The Balaban J connectivity index is 1.85. The predicted octanol–water partition coefficient (Wildman–Crippen LogP) is 4.19. The molecule has 5 nitrogen and oxygen atoms in total. The topological polar surface area (TPSA) is 56.0 Å². The van der Waals surface area contributed by atoms with Crippen LogP contribution < -0.4 is 0 Å². The summed E-state index contributed by atoms with van der Waals surface area (Å²) >= 11 is 0. The summed E-state index contributed by atoms with van der Waals surface area (Å²) in [6.07, 6.45) is 3.66. The first kappa shape index (κ1) is 16.8. The molecule has 0 aliphatic heterocycles. The highest BCUT2D eigenvalue weighted by molar-refractivity contribution is 5.83. The molecule has 0 fully saturated rings. The molecule has 0 radical (unpaired) electrons. The van der Waals surface area contributed by atoms with E-state index in [1.165, 1.54) is 0 Å². The van der Waals surface area contributed by atoms with Crippen LogP contribution in [-0.4, -0.2) is 25.7 Å². The van der Waals surface area contributed by atoms with Gasteiger partial charge in [0.25, 0.3) is 0 Å². The number of aromatic nitrogens is 4. The summed E-state index contributed by atoms with van der Waals surface area (Å²) < 4.78 is 1.87. The summed E-state index contributed by atoms with van der Waals surface area (Å²) in [7, 11) is 0. The zero-order valence-electron chi connectivity index (χ0n) is 14.8. The number of allylic oxidation sites excluding steroid dienone is 2. The molecule has 0 amide bonds. The quantitative estimate of drug-likeness (QED) is 0.520. The Kier molecular flexibility index (Phi) is 4.84. The lowest BCUT2D eigenvalue weighted by Crippen LogP contribution is -2.04. The van der Waals surface area contributed by atoms with E-state index in [0.29, 0.717) is 6.54 Å². The predicted molar refractivity (Wildman–Crippen MR) is 103 cm³/mol. The number of hydrogen-bond acceptors (Lipinski definition) is 4. The minimum absolute atomic E-state index is 0.600. The first-order valence-electron chi connectivity index (χ1n) is 8.15. The molecule has 126 valence electrons. The molecule has 0 aliphatic rings. The molecule has 0 saturated carbocycles. The van der Waals surface area contributed by atoms with Crippen molar-refractivity contribution in [3.05, 3.63) is 72.2 Å². The van der Waals surface area contributed by atoms with Crippen LogP contribution in [0.5, 0.6) is 0 Å². The summed E-state index contributed by atoms with van der Waals surface area (Å²) in [6, 6.07) is 12.0. The summed E-state index contributed by atoms with van der Waals surface area (Å²) in [6.45, 7) is 10.6. The second-order valence-corrected chi connectivity index (χ2v) is 6.14. The number of aryl methyl sites for hydroxylation is 1. The van der Waals surface area contributed by atoms with Crippen LogP contribution in [0.25, 0.3) is 16.6 Å². The molecule has 2 aromatic heterocycles. The van der Waals surface area contributed by atoms with Crippen molar-refractivity contribution in [2.24, 2.45) is 4.99 Å². The number of fused-ring (bicyclic) bond motifs is 1. The van der Waals surface area contributed by atoms with Crippen molar-refractivity contribution in [2.45, 2.75) is 27.3 Å². The molecule has 0 saturated heterocycles. The van der Waals surface area contributed by atoms with Crippen LogP contribution in [0.15, 0.2) is 60.2 Å². The maximum absolute atomic E-state index is 4.52. The number of nitrogens with zero attached hydrogens (tertiary/aromatic N) is 5. The molecule has 0 spiro atoms. The van der Waals surface area contributed by atoms with Crippen molar-refractivity contribution in [1.29, 1.82) is 0 Å². The number of pyridine rings is 1. The van der Waals surface area contributed by atoms with Gasteiger partial charge in [-0.25, -0.2) is 4.68 Å². The normalized spacial score (nSPS) is 11.2. The smallest absolute Gasteiger partial charge is 0.113 e. The van der Waals surface area contributed by atoms with Crippen LogP contribution in [0.2, 0.25) is 0 Å². The number of rotatable bonds is 5. The maximum atomic E-state index is 4.52. The molecule has 1 aromatic carbocycles. The van der Waals surface area contributed by atoms with Gasteiger partial charge in [-0.15, -0.1) is 5.10 Å². The van der Waals surface area contributed by atoms with Crippen molar-refractivity contribution < 1.29 is 0 Å². The van der Waals surface area contributed by atoms with E-state index in [4.69, 9.17) is 0 Å². The monoisotopic (exact) mass is 331 g/mol. The van der Waals surface area contributed by atoms with E-state index >= 15 is 0 Å². The van der Waals surface area contributed by atoms with Gasteiger partial charge in [-0.05, 0) is 62.2 Å². The number of aliphatic imine (C=N–C) groups is 1. The molecule has 3 aromatic rings. The van der Waals surface area contributed by atoms with E-state index < -0.39 is 0 Å². The van der Waals surface area contributed by atoms with Crippen LogP contribution in [0.4, 0.5) is 0 Å². The average molecular weight is 331 g/mol. The highest BCUT2D eigenvalue weighted by Crippen LogP contribution is 2.20. The van der Waals surface area contributed by atoms with Gasteiger partial charge in [-0.1, -0.05) is 23.9 Å². The van der Waals surface area contributed by atoms with Gasteiger partial charge in [0.1, 0.15) is 5.52 Å². The summed E-state index contributed by atoms with van der Waals surface area (Å²) in [4.78, 5) is 8.77. The first-order valence-corrected chi connectivity index (χ1v) is 8.15. The van der Waals surface area contributed by atoms with Gasteiger partial charge in [0.2, 0.25) is 0 Å². The molecule has 0 N–H and O–H groups in total. The van der Waals surface area contributed by atoms with Crippen molar-refractivity contribution in [3.8, 4) is 0 Å². The molecule has 0 bridgehead atoms. The lowest BCUT2D eigenvalue weighted by atomic mass is 10.1. The minimum Gasteiger partial charge on any atom is -0.266 e. The van der Waals surface area contributed by atoms with Gasteiger partial charge in [-0.2, -0.15) is 0 Å². The van der Waals surface area contributed by atoms with Crippen LogP contribution >= 0.6 is 0 Å². The maximum Gasteiger partial charge on any atom is 0.113 e. The molecule has 25 heavy (non-hydrogen) atoms. The van der Waals surface area contributed by atoms with E-state index in [1.54, 1.807) is 6.20 Å². The molecule has 0 unspecified atom stereocenters. The van der Waals surface area contributed by atoms with Crippen molar-refractivity contribution in [2.75, 3.05) is 0 Å². The molecular formula is C20H21N5. The molecular weight excluding hydrogens is 310 g/mol. The van der Waals surface area contributed by atoms with E-state index in [1.807, 2.05) is 67.9 Å². The van der Waals surface area contributed by atoms with Crippen LogP contribution in [0.3, 0.4) is 0 Å². The second kappa shape index (κ2) is 7.21. The Hall–Kier alpha value is -3.08. The van der Waals surface area contributed by atoms with Crippen molar-refractivity contribution in [3.63, 3.8) is 0 Å². The lowest BCUT2D eigenvalue weighted by molar-refractivity contribution is 0.656. The van der Waals surface area contributed by atoms with E-state index in [0.717, 1.165) is 39.3 Å². The molecule has 3 rings (SSSR count). The lowest BCUT2D eigenvalue weighted by Gasteiger charge is -2.04. The Labute approximate surface area is 147 Å². The fourth-order valence-corrected chi connectivity index (χ4v) is 2.50. The third-order valence-electron chi connectivity index (χ3n) is 3.75. The highest BCUT2D eigenvalue weighted by Gasteiger charge is 2.07. The number of benzene rings is 1. The third kappa shape index (κ3) is 4.07. The van der Waals surface area contributed by atoms with E-state index in [2.05, 4.69) is 26.9 Å².